The molecule has 1 rings (SSSR count). The molecule has 1 amide bonds. The number of benzene rings is 1. The fourth-order valence-corrected chi connectivity index (χ4v) is 1.93. The topological polar surface area (TPSA) is 67.6 Å². The van der Waals surface area contributed by atoms with Crippen molar-refractivity contribution in [2.24, 2.45) is 5.73 Å². The van der Waals surface area contributed by atoms with E-state index in [0.717, 1.165) is 43.8 Å². The summed E-state index contributed by atoms with van der Waals surface area (Å²) in [6, 6.07) is 7.35. The number of anilines is 1. The van der Waals surface area contributed by atoms with Crippen molar-refractivity contribution >= 4 is 11.6 Å². The van der Waals surface area contributed by atoms with E-state index in [1.807, 2.05) is 30.1 Å². The van der Waals surface area contributed by atoms with Gasteiger partial charge in [-0.1, -0.05) is 12.5 Å². The van der Waals surface area contributed by atoms with Crippen LogP contribution in [0, 0.1) is 0 Å². The van der Waals surface area contributed by atoms with E-state index >= 15 is 0 Å². The van der Waals surface area contributed by atoms with Gasteiger partial charge in [-0.3, -0.25) is 9.69 Å². The number of unbranched alkanes of at least 4 members (excludes halogenated alkanes) is 2. The van der Waals surface area contributed by atoms with E-state index in [2.05, 4.69) is 5.32 Å². The third-order valence-electron chi connectivity index (χ3n) is 3.01. The zero-order valence-corrected chi connectivity index (χ0v) is 12.4. The largest absolute Gasteiger partial charge is 0.497 e. The minimum absolute atomic E-state index is 0.0143. The Morgan fingerprint density at radius 3 is 2.85 bits per heavy atom. The van der Waals surface area contributed by atoms with Gasteiger partial charge in [-0.2, -0.15) is 0 Å². The summed E-state index contributed by atoms with van der Waals surface area (Å²) in [5.74, 6) is 0.720. The number of rotatable bonds is 9. The molecule has 20 heavy (non-hydrogen) atoms. The van der Waals surface area contributed by atoms with Gasteiger partial charge in [-0.15, -0.1) is 0 Å². The van der Waals surface area contributed by atoms with Crippen molar-refractivity contribution in [2.45, 2.75) is 19.3 Å². The third kappa shape index (κ3) is 6.54. The number of ether oxygens (including phenoxy) is 1. The van der Waals surface area contributed by atoms with Crippen LogP contribution in [-0.4, -0.2) is 44.6 Å². The molecule has 1 aromatic rings. The first-order chi connectivity index (χ1) is 9.65. The molecule has 0 atom stereocenters. The second kappa shape index (κ2) is 9.34. The lowest BCUT2D eigenvalue weighted by atomic mass is 10.2. The summed E-state index contributed by atoms with van der Waals surface area (Å²) in [6.45, 7) is 2.03. The maximum Gasteiger partial charge on any atom is 0.238 e. The van der Waals surface area contributed by atoms with Crippen LogP contribution >= 0.6 is 0 Å². The van der Waals surface area contributed by atoms with Crippen molar-refractivity contribution in [1.29, 1.82) is 0 Å². The Morgan fingerprint density at radius 2 is 2.15 bits per heavy atom. The summed E-state index contributed by atoms with van der Waals surface area (Å²) in [5.41, 5.74) is 6.20. The average molecular weight is 279 g/mol. The molecule has 5 heteroatoms. The van der Waals surface area contributed by atoms with Gasteiger partial charge in [0, 0.05) is 11.8 Å². The molecule has 0 aliphatic rings. The molecule has 0 aromatic heterocycles. The van der Waals surface area contributed by atoms with Crippen LogP contribution in [-0.2, 0) is 4.79 Å². The first kappa shape index (κ1) is 16.5. The number of nitrogens with zero attached hydrogens (tertiary/aromatic N) is 1. The van der Waals surface area contributed by atoms with Gasteiger partial charge in [0.25, 0.3) is 0 Å². The molecule has 1 aromatic carbocycles. The van der Waals surface area contributed by atoms with Gasteiger partial charge in [-0.05, 0) is 45.1 Å². The molecule has 0 saturated heterocycles. The number of nitrogens with one attached hydrogen (secondary N) is 1. The van der Waals surface area contributed by atoms with Crippen molar-refractivity contribution in [3.05, 3.63) is 24.3 Å². The Bertz CT molecular complexity index is 410. The SMILES string of the molecule is COc1cccc(NC(=O)CN(C)CCCCCN)c1. The molecule has 0 unspecified atom stereocenters. The zero-order valence-electron chi connectivity index (χ0n) is 12.4. The van der Waals surface area contributed by atoms with E-state index in [9.17, 15) is 4.79 Å². The van der Waals surface area contributed by atoms with Gasteiger partial charge in [0.2, 0.25) is 5.91 Å². The monoisotopic (exact) mass is 279 g/mol. The maximum absolute atomic E-state index is 11.9. The molecule has 0 bridgehead atoms. The summed E-state index contributed by atoms with van der Waals surface area (Å²) < 4.78 is 5.12. The number of methoxy groups -OCH3 is 1. The minimum atomic E-state index is -0.0143. The van der Waals surface area contributed by atoms with Crippen LogP contribution in [0.25, 0.3) is 0 Å². The van der Waals surface area contributed by atoms with Gasteiger partial charge in [-0.25, -0.2) is 0 Å². The number of hydrogen-bond acceptors (Lipinski definition) is 4. The van der Waals surface area contributed by atoms with E-state index in [0.29, 0.717) is 6.54 Å². The van der Waals surface area contributed by atoms with Crippen molar-refractivity contribution < 1.29 is 9.53 Å². The van der Waals surface area contributed by atoms with Gasteiger partial charge in [0.05, 0.1) is 13.7 Å². The lowest BCUT2D eigenvalue weighted by Crippen LogP contribution is -2.30. The fraction of sp³-hybridized carbons (Fsp3) is 0.533. The Balaban J connectivity index is 2.31. The van der Waals surface area contributed by atoms with E-state index in [4.69, 9.17) is 10.5 Å². The van der Waals surface area contributed by atoms with Crippen molar-refractivity contribution in [2.75, 3.05) is 39.1 Å². The third-order valence-corrected chi connectivity index (χ3v) is 3.01. The summed E-state index contributed by atoms with van der Waals surface area (Å²) in [6.07, 6.45) is 3.22. The molecule has 0 fully saturated rings. The minimum Gasteiger partial charge on any atom is -0.497 e. The summed E-state index contributed by atoms with van der Waals surface area (Å²) in [4.78, 5) is 13.9. The molecule has 0 saturated carbocycles. The lowest BCUT2D eigenvalue weighted by molar-refractivity contribution is -0.117. The molecule has 0 aliphatic carbocycles. The van der Waals surface area contributed by atoms with E-state index in [1.54, 1.807) is 13.2 Å². The van der Waals surface area contributed by atoms with E-state index in [1.165, 1.54) is 0 Å². The first-order valence-electron chi connectivity index (χ1n) is 6.98. The molecule has 112 valence electrons. The van der Waals surface area contributed by atoms with Crippen LogP contribution < -0.4 is 15.8 Å². The van der Waals surface area contributed by atoms with Crippen molar-refractivity contribution in [3.63, 3.8) is 0 Å². The Hall–Kier alpha value is -1.59. The fourth-order valence-electron chi connectivity index (χ4n) is 1.93. The van der Waals surface area contributed by atoms with Crippen molar-refractivity contribution in [3.8, 4) is 5.75 Å². The van der Waals surface area contributed by atoms with Crippen LogP contribution in [0.5, 0.6) is 5.75 Å². The van der Waals surface area contributed by atoms with Crippen LogP contribution in [0.15, 0.2) is 24.3 Å². The number of amides is 1. The predicted molar refractivity (Wildman–Crippen MR) is 82.0 cm³/mol. The van der Waals surface area contributed by atoms with Gasteiger partial charge < -0.3 is 15.8 Å². The summed E-state index contributed by atoms with van der Waals surface area (Å²) in [5, 5.41) is 2.87. The molecular weight excluding hydrogens is 254 g/mol. The normalized spacial score (nSPS) is 10.6. The van der Waals surface area contributed by atoms with Gasteiger partial charge >= 0.3 is 0 Å². The second-order valence-electron chi connectivity index (χ2n) is 4.87. The number of hydrogen-bond donors (Lipinski definition) is 2. The summed E-state index contributed by atoms with van der Waals surface area (Å²) >= 11 is 0. The summed E-state index contributed by atoms with van der Waals surface area (Å²) in [7, 11) is 3.56. The number of carbonyl (C=O) groups excluding carboxylic acids is 1. The van der Waals surface area contributed by atoms with Crippen molar-refractivity contribution in [1.82, 2.24) is 4.90 Å². The molecule has 0 radical (unpaired) electrons. The molecular formula is C15H25N3O2. The number of carbonyl (C=O) groups is 1. The first-order valence-corrected chi connectivity index (χ1v) is 6.98. The van der Waals surface area contributed by atoms with Gasteiger partial charge in [0.15, 0.2) is 0 Å². The van der Waals surface area contributed by atoms with Gasteiger partial charge in [0.1, 0.15) is 5.75 Å². The van der Waals surface area contributed by atoms with E-state index < -0.39 is 0 Å². The molecule has 5 nitrogen and oxygen atoms in total. The highest BCUT2D eigenvalue weighted by Gasteiger charge is 2.07. The number of likely N-dealkylation sites (N-methyl/N-ethyl adjacent to an activating group) is 1. The highest BCUT2D eigenvalue weighted by Crippen LogP contribution is 2.16. The maximum atomic E-state index is 11.9. The molecule has 3 N–H and O–H groups in total. The number of nitrogens with two attached hydrogens (primary N) is 1. The Kier molecular flexibility index (Phi) is 7.69. The predicted octanol–water partition coefficient (Wildman–Crippen LogP) is 1.69. The smallest absolute Gasteiger partial charge is 0.238 e. The lowest BCUT2D eigenvalue weighted by Gasteiger charge is -2.16. The van der Waals surface area contributed by atoms with Crippen LogP contribution in [0.4, 0.5) is 5.69 Å². The average Bonchev–Trinajstić information content (AvgIpc) is 2.43. The van der Waals surface area contributed by atoms with Crippen LogP contribution in [0.1, 0.15) is 19.3 Å². The molecule has 0 spiro atoms. The highest BCUT2D eigenvalue weighted by molar-refractivity contribution is 5.92. The molecule has 0 aliphatic heterocycles. The molecule has 0 heterocycles. The van der Waals surface area contributed by atoms with E-state index in [-0.39, 0.29) is 5.91 Å². The second-order valence-corrected chi connectivity index (χ2v) is 4.87. The zero-order chi connectivity index (χ0) is 14.8. The Labute approximate surface area is 121 Å². The van der Waals surface area contributed by atoms with Crippen LogP contribution in [0.3, 0.4) is 0 Å². The highest BCUT2D eigenvalue weighted by atomic mass is 16.5. The van der Waals surface area contributed by atoms with Crippen LogP contribution in [0.2, 0.25) is 0 Å². The Morgan fingerprint density at radius 1 is 1.35 bits per heavy atom. The standard InChI is InChI=1S/C15H25N3O2/c1-18(10-5-3-4-9-16)12-15(19)17-13-7-6-8-14(11-13)20-2/h6-8,11H,3-5,9-10,12,16H2,1-2H3,(H,17,19). The quantitative estimate of drug-likeness (QED) is 0.675.